The van der Waals surface area contributed by atoms with Gasteiger partial charge in [-0.2, -0.15) is 0 Å². The molecule has 0 aliphatic carbocycles. The maximum absolute atomic E-state index is 12.3. The summed E-state index contributed by atoms with van der Waals surface area (Å²) in [5, 5.41) is 0. The fourth-order valence-corrected chi connectivity index (χ4v) is 5.18. The lowest BCUT2D eigenvalue weighted by atomic mass is 10.1. The normalized spacial score (nSPS) is 14.6. The number of hydrogen-bond acceptors (Lipinski definition) is 4. The van der Waals surface area contributed by atoms with Crippen LogP contribution in [-0.4, -0.2) is 31.5 Å². The molecule has 0 spiro atoms. The van der Waals surface area contributed by atoms with Crippen LogP contribution in [0.3, 0.4) is 0 Å². The van der Waals surface area contributed by atoms with Crippen LogP contribution in [0.15, 0.2) is 41.3 Å². The number of rotatable bonds is 4. The van der Waals surface area contributed by atoms with E-state index in [1.807, 2.05) is 6.07 Å². The first kappa shape index (κ1) is 16.5. The Labute approximate surface area is 144 Å². The first-order valence-electron chi connectivity index (χ1n) is 7.28. The summed E-state index contributed by atoms with van der Waals surface area (Å²) in [5.41, 5.74) is 1.07. The van der Waals surface area contributed by atoms with Crippen molar-refractivity contribution < 1.29 is 13.2 Å². The molecule has 2 aromatic rings. The van der Waals surface area contributed by atoms with Gasteiger partial charge in [-0.1, -0.05) is 29.8 Å². The molecule has 7 heteroatoms. The molecule has 0 unspecified atom stereocenters. The maximum atomic E-state index is 12.3. The molecule has 0 saturated carbocycles. The van der Waals surface area contributed by atoms with Gasteiger partial charge in [0.1, 0.15) is 0 Å². The summed E-state index contributed by atoms with van der Waals surface area (Å²) in [6.07, 6.45) is 0.786. The van der Waals surface area contributed by atoms with Crippen molar-refractivity contribution in [1.29, 1.82) is 0 Å². The van der Waals surface area contributed by atoms with E-state index >= 15 is 0 Å². The van der Waals surface area contributed by atoms with E-state index in [2.05, 4.69) is 0 Å². The van der Waals surface area contributed by atoms with Gasteiger partial charge in [0.15, 0.2) is 9.84 Å². The van der Waals surface area contributed by atoms with E-state index in [4.69, 9.17) is 11.6 Å². The molecule has 1 aromatic carbocycles. The van der Waals surface area contributed by atoms with Crippen molar-refractivity contribution >= 4 is 38.7 Å². The van der Waals surface area contributed by atoms with Gasteiger partial charge < -0.3 is 4.90 Å². The summed E-state index contributed by atoms with van der Waals surface area (Å²) in [4.78, 5) is 15.5. The molecule has 4 nitrogen and oxygen atoms in total. The molecule has 1 aromatic heterocycles. The van der Waals surface area contributed by atoms with Crippen molar-refractivity contribution in [3.8, 4) is 0 Å². The lowest BCUT2D eigenvalue weighted by molar-refractivity contribution is -0.131. The highest BCUT2D eigenvalue weighted by Gasteiger charge is 2.24. The molecule has 2 heterocycles. The Balaban J connectivity index is 1.62. The second-order valence-corrected chi connectivity index (χ2v) is 9.32. The molecular weight excluding hydrogens is 354 g/mol. The van der Waals surface area contributed by atoms with Crippen LogP contribution in [0.4, 0.5) is 0 Å². The highest BCUT2D eigenvalue weighted by atomic mass is 35.5. The molecule has 0 radical (unpaired) electrons. The highest BCUT2D eigenvalue weighted by Crippen LogP contribution is 2.31. The first-order valence-corrected chi connectivity index (χ1v) is 10.1. The summed E-state index contributed by atoms with van der Waals surface area (Å²) in [5.74, 6) is -0.290. The quantitative estimate of drug-likeness (QED) is 0.831. The van der Waals surface area contributed by atoms with Gasteiger partial charge in [0, 0.05) is 24.4 Å². The molecule has 1 aliphatic rings. The van der Waals surface area contributed by atoms with Gasteiger partial charge in [-0.25, -0.2) is 8.42 Å². The number of nitrogens with zero attached hydrogens (tertiary/aromatic N) is 1. The summed E-state index contributed by atoms with van der Waals surface area (Å²) >= 11 is 7.55. The monoisotopic (exact) mass is 369 g/mol. The second-order valence-electron chi connectivity index (χ2n) is 5.45. The number of fused-ring (bicyclic) bond motifs is 1. The smallest absolute Gasteiger partial charge is 0.223 e. The van der Waals surface area contributed by atoms with Gasteiger partial charge in [-0.05, 0) is 30.2 Å². The largest absolute Gasteiger partial charge is 0.338 e. The number of carbonyl (C=O) groups excluding carboxylic acids is 1. The van der Waals surface area contributed by atoms with Gasteiger partial charge in [0.05, 0.1) is 15.0 Å². The summed E-state index contributed by atoms with van der Waals surface area (Å²) in [7, 11) is -3.42. The van der Waals surface area contributed by atoms with E-state index in [9.17, 15) is 13.2 Å². The molecule has 23 heavy (non-hydrogen) atoms. The topological polar surface area (TPSA) is 54.5 Å². The Hall–Kier alpha value is -1.37. The molecule has 3 rings (SSSR count). The molecule has 1 aliphatic heterocycles. The Kier molecular flexibility index (Phi) is 4.75. The minimum atomic E-state index is -3.42. The molecule has 0 N–H and O–H groups in total. The molecule has 0 bridgehead atoms. The number of carbonyl (C=O) groups is 1. The van der Waals surface area contributed by atoms with E-state index < -0.39 is 9.84 Å². The van der Waals surface area contributed by atoms with E-state index in [1.54, 1.807) is 46.6 Å². The standard InChI is InChI=1S/C16H16ClNO3S2/c17-15-10-12-11-18(8-6-14(12)22-15)16(19)7-9-23(20,21)13-4-2-1-3-5-13/h1-5,10H,6-9,11H2. The van der Waals surface area contributed by atoms with Crippen molar-refractivity contribution in [1.82, 2.24) is 4.90 Å². The third-order valence-corrected chi connectivity index (χ3v) is 6.97. The van der Waals surface area contributed by atoms with Gasteiger partial charge in [0.25, 0.3) is 0 Å². The Morgan fingerprint density at radius 1 is 1.26 bits per heavy atom. The average molecular weight is 370 g/mol. The summed E-state index contributed by atoms with van der Waals surface area (Å²) in [6.45, 7) is 1.14. The fourth-order valence-electron chi connectivity index (χ4n) is 2.64. The second kappa shape index (κ2) is 6.63. The van der Waals surface area contributed by atoms with Crippen molar-refractivity contribution in [3.05, 3.63) is 51.2 Å². The Morgan fingerprint density at radius 2 is 2.00 bits per heavy atom. The first-order chi connectivity index (χ1) is 11.0. The molecule has 0 fully saturated rings. The molecule has 122 valence electrons. The molecular formula is C16H16ClNO3S2. The lowest BCUT2D eigenvalue weighted by Gasteiger charge is -2.27. The zero-order valence-electron chi connectivity index (χ0n) is 12.4. The Morgan fingerprint density at radius 3 is 2.74 bits per heavy atom. The van der Waals surface area contributed by atoms with Crippen LogP contribution in [0.25, 0.3) is 0 Å². The lowest BCUT2D eigenvalue weighted by Crippen LogP contribution is -2.36. The zero-order valence-corrected chi connectivity index (χ0v) is 14.8. The van der Waals surface area contributed by atoms with Crippen molar-refractivity contribution in [2.45, 2.75) is 24.3 Å². The maximum Gasteiger partial charge on any atom is 0.223 e. The average Bonchev–Trinajstić information content (AvgIpc) is 2.92. The fraction of sp³-hybridized carbons (Fsp3) is 0.312. The number of amides is 1. The summed E-state index contributed by atoms with van der Waals surface area (Å²) in [6, 6.07) is 10.1. The van der Waals surface area contributed by atoms with E-state index in [0.29, 0.717) is 13.1 Å². The van der Waals surface area contributed by atoms with Crippen LogP contribution >= 0.6 is 22.9 Å². The van der Waals surface area contributed by atoms with Crippen LogP contribution in [-0.2, 0) is 27.6 Å². The summed E-state index contributed by atoms with van der Waals surface area (Å²) < 4.78 is 25.2. The van der Waals surface area contributed by atoms with Crippen molar-refractivity contribution in [2.24, 2.45) is 0 Å². The number of benzene rings is 1. The van der Waals surface area contributed by atoms with Crippen molar-refractivity contribution in [2.75, 3.05) is 12.3 Å². The highest BCUT2D eigenvalue weighted by molar-refractivity contribution is 7.91. The third kappa shape index (κ3) is 3.76. The molecule has 1 amide bonds. The predicted molar refractivity (Wildman–Crippen MR) is 91.6 cm³/mol. The van der Waals surface area contributed by atoms with Gasteiger partial charge in [-0.3, -0.25) is 4.79 Å². The van der Waals surface area contributed by atoms with Crippen LogP contribution < -0.4 is 0 Å². The SMILES string of the molecule is O=C(CCS(=O)(=O)c1ccccc1)N1CCc2sc(Cl)cc2C1. The van der Waals surface area contributed by atoms with Crippen LogP contribution in [0, 0.1) is 0 Å². The number of halogens is 1. The zero-order chi connectivity index (χ0) is 16.4. The van der Waals surface area contributed by atoms with Gasteiger partial charge in [-0.15, -0.1) is 11.3 Å². The minimum absolute atomic E-state index is 0.00440. The van der Waals surface area contributed by atoms with Crippen molar-refractivity contribution in [3.63, 3.8) is 0 Å². The van der Waals surface area contributed by atoms with Crippen LogP contribution in [0.5, 0.6) is 0 Å². The third-order valence-electron chi connectivity index (χ3n) is 3.88. The Bertz CT molecular complexity index is 815. The van der Waals surface area contributed by atoms with Gasteiger partial charge in [0.2, 0.25) is 5.91 Å². The van der Waals surface area contributed by atoms with E-state index in [-0.39, 0.29) is 23.0 Å². The van der Waals surface area contributed by atoms with Crippen LogP contribution in [0.1, 0.15) is 16.9 Å². The van der Waals surface area contributed by atoms with E-state index in [0.717, 1.165) is 16.3 Å². The molecule has 0 atom stereocenters. The predicted octanol–water partition coefficient (Wildman–Crippen LogP) is 3.15. The number of sulfone groups is 1. The minimum Gasteiger partial charge on any atom is -0.338 e. The number of hydrogen-bond donors (Lipinski definition) is 0. The number of thiophene rings is 1. The molecule has 0 saturated heterocycles. The van der Waals surface area contributed by atoms with Crippen LogP contribution in [0.2, 0.25) is 4.34 Å². The van der Waals surface area contributed by atoms with Gasteiger partial charge >= 0.3 is 0 Å². The van der Waals surface area contributed by atoms with E-state index in [1.165, 1.54) is 4.88 Å².